The van der Waals surface area contributed by atoms with Crippen LogP contribution in [0.25, 0.3) is 78.2 Å². The molecular weight excluding hydrogens is 488 g/mol. The maximum atomic E-state index is 6.38. The summed E-state index contributed by atoms with van der Waals surface area (Å²) in [4.78, 5) is 0. The zero-order chi connectivity index (χ0) is 26.4. The predicted molar refractivity (Wildman–Crippen MR) is 167 cm³/mol. The van der Waals surface area contributed by atoms with Crippen LogP contribution in [0.4, 0.5) is 0 Å². The molecule has 3 heteroatoms. The van der Waals surface area contributed by atoms with E-state index in [1.807, 2.05) is 6.07 Å². The van der Waals surface area contributed by atoms with E-state index in [1.54, 1.807) is 0 Å². The molecule has 190 valence electrons. The molecule has 0 aliphatic heterocycles. The van der Waals surface area contributed by atoms with Gasteiger partial charge in [0.2, 0.25) is 0 Å². The third-order valence-electron chi connectivity index (χ3n) is 8.60. The molecule has 1 atom stereocenters. The van der Waals surface area contributed by atoms with Crippen molar-refractivity contribution in [1.29, 1.82) is 0 Å². The summed E-state index contributed by atoms with van der Waals surface area (Å²) in [5.41, 5.74) is 7.83. The Morgan fingerprint density at radius 2 is 1.27 bits per heavy atom. The molecule has 3 aromatic heterocycles. The van der Waals surface area contributed by atoms with Gasteiger partial charge >= 0.3 is 0 Å². The molecule has 0 saturated carbocycles. The average Bonchev–Trinajstić information content (AvgIpc) is 3.65. The first-order valence-electron chi connectivity index (χ1n) is 14.0. The van der Waals surface area contributed by atoms with Crippen LogP contribution in [0.2, 0.25) is 0 Å². The highest BCUT2D eigenvalue weighted by Crippen LogP contribution is 2.43. The molecule has 0 radical (unpaired) electrons. The van der Waals surface area contributed by atoms with Crippen molar-refractivity contribution in [2.24, 2.45) is 5.92 Å². The molecule has 40 heavy (non-hydrogen) atoms. The number of rotatable bonds is 2. The molecule has 8 aromatic rings. The molecular formula is C37H26N2O. The van der Waals surface area contributed by atoms with E-state index in [4.69, 9.17) is 4.42 Å². The van der Waals surface area contributed by atoms with Crippen molar-refractivity contribution in [3.8, 4) is 11.4 Å². The Morgan fingerprint density at radius 1 is 0.600 bits per heavy atom. The van der Waals surface area contributed by atoms with Crippen molar-refractivity contribution in [3.05, 3.63) is 120 Å². The van der Waals surface area contributed by atoms with Crippen molar-refractivity contribution in [3.63, 3.8) is 0 Å². The van der Waals surface area contributed by atoms with Crippen molar-refractivity contribution >= 4 is 66.8 Å². The first kappa shape index (κ1) is 21.9. The maximum absolute atomic E-state index is 6.38. The molecule has 3 nitrogen and oxygen atoms in total. The minimum absolute atomic E-state index is 0.514. The molecule has 3 heterocycles. The van der Waals surface area contributed by atoms with Gasteiger partial charge in [0.25, 0.3) is 0 Å². The lowest BCUT2D eigenvalue weighted by Crippen LogP contribution is -2.31. The molecule has 0 fully saturated rings. The van der Waals surface area contributed by atoms with E-state index in [1.165, 1.54) is 49.0 Å². The fraction of sp³-hybridized carbons (Fsp3) is 0.0811. The quantitative estimate of drug-likeness (QED) is 0.228. The largest absolute Gasteiger partial charge is 0.456 e. The number of hydrogen-bond acceptors (Lipinski definition) is 1. The molecule has 0 N–H and O–H groups in total. The predicted octanol–water partition coefficient (Wildman–Crippen LogP) is 8.23. The van der Waals surface area contributed by atoms with Gasteiger partial charge in [0.05, 0.1) is 21.9 Å². The third kappa shape index (κ3) is 2.84. The van der Waals surface area contributed by atoms with Gasteiger partial charge in [0.15, 0.2) is 0 Å². The Bertz CT molecular complexity index is 2400. The molecule has 1 aliphatic rings. The first-order chi connectivity index (χ1) is 19.8. The van der Waals surface area contributed by atoms with Gasteiger partial charge in [0, 0.05) is 43.5 Å². The number of nitrogens with zero attached hydrogens (tertiary/aromatic N) is 2. The topological polar surface area (TPSA) is 23.0 Å². The van der Waals surface area contributed by atoms with Crippen molar-refractivity contribution < 1.29 is 4.42 Å². The van der Waals surface area contributed by atoms with Gasteiger partial charge in [-0.05, 0) is 60.9 Å². The summed E-state index contributed by atoms with van der Waals surface area (Å²) in [6.07, 6.45) is 5.94. The Morgan fingerprint density at radius 3 is 2.08 bits per heavy atom. The zero-order valence-corrected chi connectivity index (χ0v) is 22.1. The molecule has 0 bridgehead atoms. The van der Waals surface area contributed by atoms with E-state index >= 15 is 0 Å². The highest BCUT2D eigenvalue weighted by Gasteiger charge is 2.23. The molecule has 9 rings (SSSR count). The molecule has 1 aliphatic carbocycles. The van der Waals surface area contributed by atoms with Gasteiger partial charge in [0.1, 0.15) is 11.2 Å². The van der Waals surface area contributed by atoms with Crippen LogP contribution in [0, 0.1) is 5.92 Å². The third-order valence-corrected chi connectivity index (χ3v) is 8.60. The minimum atomic E-state index is 0.514. The van der Waals surface area contributed by atoms with Gasteiger partial charge in [-0.25, -0.2) is 0 Å². The highest BCUT2D eigenvalue weighted by molar-refractivity contribution is 6.29. The molecule has 1 unspecified atom stereocenters. The van der Waals surface area contributed by atoms with Crippen LogP contribution in [0.3, 0.4) is 0 Å². The SMILES string of the molecule is CC1C=c2c(n(-c3ccccc3)c3c2ccc2c3c3ccc4oc5ccccc5c4c3n2-c2ccccc2)=CC1. The summed E-state index contributed by atoms with van der Waals surface area (Å²) in [5, 5.41) is 8.76. The van der Waals surface area contributed by atoms with Crippen LogP contribution in [0.15, 0.2) is 114 Å². The number of benzene rings is 5. The standard InChI is InChI=1S/C37H26N2O/c1-23-16-19-30-29(22-23)26-17-20-31-34(36(26)38(30)24-10-4-2-5-11-24)28-18-21-33-35(27-14-8-9-15-32(27)40-33)37(28)39(31)25-12-6-3-7-13-25/h2-15,17-23H,16H2,1H3. The Hall–Kier alpha value is -5.02. The minimum Gasteiger partial charge on any atom is -0.456 e. The molecule has 0 amide bonds. The lowest BCUT2D eigenvalue weighted by Gasteiger charge is -2.10. The normalized spacial score (nSPS) is 15.2. The average molecular weight is 515 g/mol. The lowest BCUT2D eigenvalue weighted by molar-refractivity contribution is 0.669. The van der Waals surface area contributed by atoms with Gasteiger partial charge in [-0.15, -0.1) is 0 Å². The van der Waals surface area contributed by atoms with Crippen LogP contribution in [0.5, 0.6) is 0 Å². The number of hydrogen-bond donors (Lipinski definition) is 0. The lowest BCUT2D eigenvalue weighted by atomic mass is 10.0. The van der Waals surface area contributed by atoms with Crippen molar-refractivity contribution in [2.75, 3.05) is 0 Å². The van der Waals surface area contributed by atoms with Gasteiger partial charge < -0.3 is 13.6 Å². The smallest absolute Gasteiger partial charge is 0.137 e. The number of fused-ring (bicyclic) bond motifs is 11. The first-order valence-corrected chi connectivity index (χ1v) is 14.0. The fourth-order valence-corrected chi connectivity index (χ4v) is 6.93. The summed E-state index contributed by atoms with van der Waals surface area (Å²) < 4.78 is 11.3. The molecule has 5 aromatic carbocycles. The number of para-hydroxylation sites is 3. The Balaban J connectivity index is 1.60. The second kappa shape index (κ2) is 8.00. The monoisotopic (exact) mass is 514 g/mol. The maximum Gasteiger partial charge on any atom is 0.137 e. The van der Waals surface area contributed by atoms with E-state index in [-0.39, 0.29) is 0 Å². The fourth-order valence-electron chi connectivity index (χ4n) is 6.93. The van der Waals surface area contributed by atoms with Crippen LogP contribution in [-0.4, -0.2) is 9.13 Å². The van der Waals surface area contributed by atoms with Crippen molar-refractivity contribution in [2.45, 2.75) is 13.3 Å². The van der Waals surface area contributed by atoms with E-state index in [0.29, 0.717) is 5.92 Å². The van der Waals surface area contributed by atoms with E-state index < -0.39 is 0 Å². The molecule has 0 spiro atoms. The van der Waals surface area contributed by atoms with Crippen molar-refractivity contribution in [1.82, 2.24) is 9.13 Å². The van der Waals surface area contributed by atoms with E-state index in [0.717, 1.165) is 34.0 Å². The zero-order valence-electron chi connectivity index (χ0n) is 22.1. The highest BCUT2D eigenvalue weighted by atomic mass is 16.3. The summed E-state index contributed by atoms with van der Waals surface area (Å²) in [6.45, 7) is 2.31. The summed E-state index contributed by atoms with van der Waals surface area (Å²) in [7, 11) is 0. The van der Waals surface area contributed by atoms with Crippen LogP contribution in [0.1, 0.15) is 13.3 Å². The Labute approximate surface area is 230 Å². The summed E-state index contributed by atoms with van der Waals surface area (Å²) in [6, 6.07) is 39.0. The van der Waals surface area contributed by atoms with Crippen LogP contribution >= 0.6 is 0 Å². The second-order valence-corrected chi connectivity index (χ2v) is 11.0. The van der Waals surface area contributed by atoms with Crippen LogP contribution in [-0.2, 0) is 0 Å². The van der Waals surface area contributed by atoms with E-state index in [2.05, 4.69) is 131 Å². The van der Waals surface area contributed by atoms with E-state index in [9.17, 15) is 0 Å². The van der Waals surface area contributed by atoms with Gasteiger partial charge in [-0.2, -0.15) is 0 Å². The number of furan rings is 1. The van der Waals surface area contributed by atoms with Gasteiger partial charge in [-0.1, -0.05) is 79.7 Å². The summed E-state index contributed by atoms with van der Waals surface area (Å²) >= 11 is 0. The van der Waals surface area contributed by atoms with Crippen LogP contribution < -0.4 is 10.6 Å². The van der Waals surface area contributed by atoms with Gasteiger partial charge in [-0.3, -0.25) is 0 Å². The Kier molecular flexibility index (Phi) is 4.37. The second-order valence-electron chi connectivity index (χ2n) is 11.0. The number of aromatic nitrogens is 2. The summed E-state index contributed by atoms with van der Waals surface area (Å²) in [5.74, 6) is 0.514. The molecule has 0 saturated heterocycles.